The van der Waals surface area contributed by atoms with Crippen molar-refractivity contribution >= 4 is 104 Å². The lowest BCUT2D eigenvalue weighted by Crippen LogP contribution is -2.71. The SMILES string of the molecule is ClC1(Cl)CC(Cl)(Cc2ccccc2)C(Cl)(Cl)C(Cl)(Cl)C1(Cl)Cl. The molecule has 9 heteroatoms. The third-order valence-corrected chi connectivity index (χ3v) is 10.0. The van der Waals surface area contributed by atoms with Crippen LogP contribution >= 0.6 is 104 Å². The third-order valence-electron chi connectivity index (χ3n) is 3.64. The summed E-state index contributed by atoms with van der Waals surface area (Å²) in [5.74, 6) is 0. The van der Waals surface area contributed by atoms with E-state index in [9.17, 15) is 0 Å². The van der Waals surface area contributed by atoms with E-state index < -0.39 is 22.2 Å². The number of alkyl halides is 9. The summed E-state index contributed by atoms with van der Waals surface area (Å²) < 4.78 is -7.84. The van der Waals surface area contributed by atoms with Gasteiger partial charge in [-0.3, -0.25) is 0 Å². The molecule has 0 heterocycles. The van der Waals surface area contributed by atoms with Crippen LogP contribution in [0.15, 0.2) is 30.3 Å². The molecular formula is C13H9Cl9. The Labute approximate surface area is 174 Å². The number of hydrogen-bond acceptors (Lipinski definition) is 0. The second-order valence-electron chi connectivity index (χ2n) is 5.23. The smallest absolute Gasteiger partial charge is 0.115 e. The highest BCUT2D eigenvalue weighted by Crippen LogP contribution is 2.71. The zero-order valence-corrected chi connectivity index (χ0v) is 17.5. The minimum absolute atomic E-state index is 0.124. The maximum absolute atomic E-state index is 6.68. The van der Waals surface area contributed by atoms with Gasteiger partial charge < -0.3 is 0 Å². The van der Waals surface area contributed by atoms with Crippen LogP contribution < -0.4 is 0 Å². The third kappa shape index (κ3) is 2.93. The van der Waals surface area contributed by atoms with E-state index in [1.165, 1.54) is 0 Å². The lowest BCUT2D eigenvalue weighted by Gasteiger charge is -2.58. The summed E-state index contributed by atoms with van der Waals surface area (Å²) in [5, 5.41) is 0. The maximum atomic E-state index is 6.68. The van der Waals surface area contributed by atoms with Gasteiger partial charge in [0.25, 0.3) is 0 Å². The lowest BCUT2D eigenvalue weighted by atomic mass is 9.81. The van der Waals surface area contributed by atoms with E-state index in [1.807, 2.05) is 30.3 Å². The number of halogens is 9. The van der Waals surface area contributed by atoms with E-state index in [-0.39, 0.29) is 12.8 Å². The molecule has 0 bridgehead atoms. The Balaban J connectivity index is 2.52. The molecular weight excluding hydrogens is 475 g/mol. The monoisotopic (exact) mass is 480 g/mol. The Bertz CT molecular complexity index is 552. The largest absolute Gasteiger partial charge is 0.188 e. The van der Waals surface area contributed by atoms with Crippen molar-refractivity contribution in [2.75, 3.05) is 0 Å². The summed E-state index contributed by atoms with van der Waals surface area (Å²) in [5.41, 5.74) is 0.855. The molecule has 1 unspecified atom stereocenters. The van der Waals surface area contributed by atoms with Gasteiger partial charge in [-0.1, -0.05) is 123 Å². The molecule has 2 rings (SSSR count). The van der Waals surface area contributed by atoms with Crippen LogP contribution in [-0.2, 0) is 6.42 Å². The molecule has 1 aromatic carbocycles. The summed E-state index contributed by atoms with van der Waals surface area (Å²) in [6.45, 7) is 0. The van der Waals surface area contributed by atoms with Gasteiger partial charge in [-0.25, -0.2) is 0 Å². The second-order valence-corrected chi connectivity index (χ2v) is 11.4. The predicted molar refractivity (Wildman–Crippen MR) is 101 cm³/mol. The van der Waals surface area contributed by atoms with Gasteiger partial charge in [-0.2, -0.15) is 0 Å². The fourth-order valence-electron chi connectivity index (χ4n) is 2.38. The molecule has 0 aliphatic heterocycles. The van der Waals surface area contributed by atoms with Crippen molar-refractivity contribution in [1.29, 1.82) is 0 Å². The molecule has 0 spiro atoms. The van der Waals surface area contributed by atoms with Gasteiger partial charge in [-0.15, -0.1) is 11.6 Å². The summed E-state index contributed by atoms with van der Waals surface area (Å²) in [4.78, 5) is -1.39. The van der Waals surface area contributed by atoms with Crippen molar-refractivity contribution in [2.45, 2.75) is 35.0 Å². The molecule has 0 radical (unpaired) electrons. The second kappa shape index (κ2) is 6.22. The average molecular weight is 484 g/mol. The first-order chi connectivity index (χ1) is 9.79. The molecule has 0 aromatic heterocycles. The molecule has 0 amide bonds. The molecule has 1 atom stereocenters. The molecule has 0 saturated heterocycles. The van der Waals surface area contributed by atoms with Crippen molar-refractivity contribution in [1.82, 2.24) is 0 Å². The van der Waals surface area contributed by atoms with Crippen LogP contribution in [0.1, 0.15) is 12.0 Å². The van der Waals surface area contributed by atoms with Crippen LogP contribution in [0.5, 0.6) is 0 Å². The van der Waals surface area contributed by atoms with Crippen molar-refractivity contribution < 1.29 is 0 Å². The quantitative estimate of drug-likeness (QED) is 0.387. The van der Waals surface area contributed by atoms with E-state index >= 15 is 0 Å². The van der Waals surface area contributed by atoms with Crippen LogP contribution in [0.4, 0.5) is 0 Å². The summed E-state index contributed by atoms with van der Waals surface area (Å²) in [6, 6.07) is 9.26. The summed E-state index contributed by atoms with van der Waals surface area (Å²) in [7, 11) is 0. The molecule has 0 nitrogen and oxygen atoms in total. The van der Waals surface area contributed by atoms with Crippen LogP contribution in [0.2, 0.25) is 0 Å². The number of rotatable bonds is 2. The summed E-state index contributed by atoms with van der Waals surface area (Å²) >= 11 is 56.9. The van der Waals surface area contributed by atoms with E-state index in [0.29, 0.717) is 0 Å². The van der Waals surface area contributed by atoms with Gasteiger partial charge in [0.2, 0.25) is 0 Å². The minimum Gasteiger partial charge on any atom is -0.115 e. The lowest BCUT2D eigenvalue weighted by molar-refractivity contribution is 0.318. The number of hydrogen-bond donors (Lipinski definition) is 0. The molecule has 1 fully saturated rings. The van der Waals surface area contributed by atoms with Crippen LogP contribution in [0.3, 0.4) is 0 Å². The van der Waals surface area contributed by atoms with Crippen molar-refractivity contribution in [3.8, 4) is 0 Å². The van der Waals surface area contributed by atoms with E-state index in [2.05, 4.69) is 0 Å². The van der Waals surface area contributed by atoms with Gasteiger partial charge in [0.1, 0.15) is 0 Å². The first-order valence-corrected chi connectivity index (χ1v) is 9.43. The Morgan fingerprint density at radius 2 is 1.18 bits per heavy atom. The first kappa shape index (κ1) is 20.1. The Kier molecular flexibility index (Phi) is 5.69. The molecule has 1 saturated carbocycles. The fraction of sp³-hybridized carbons (Fsp3) is 0.538. The minimum atomic E-state index is -2.12. The van der Waals surface area contributed by atoms with E-state index in [0.717, 1.165) is 5.56 Å². The maximum Gasteiger partial charge on any atom is 0.188 e. The highest BCUT2D eigenvalue weighted by molar-refractivity contribution is 6.75. The topological polar surface area (TPSA) is 0 Å². The Hall–Kier alpha value is 1.83. The first-order valence-electron chi connectivity index (χ1n) is 6.03. The molecule has 1 aliphatic carbocycles. The Morgan fingerprint density at radius 1 is 0.682 bits per heavy atom. The fourth-order valence-corrected chi connectivity index (χ4v) is 5.88. The van der Waals surface area contributed by atoms with Crippen molar-refractivity contribution in [2.24, 2.45) is 0 Å². The van der Waals surface area contributed by atoms with Gasteiger partial charge in [0, 0.05) is 6.42 Å². The van der Waals surface area contributed by atoms with E-state index in [1.54, 1.807) is 0 Å². The van der Waals surface area contributed by atoms with Crippen LogP contribution in [0.25, 0.3) is 0 Å². The molecule has 1 aliphatic rings. The van der Waals surface area contributed by atoms with Gasteiger partial charge in [0.05, 0.1) is 4.87 Å². The molecule has 1 aromatic rings. The predicted octanol–water partition coefficient (Wildman–Crippen LogP) is 7.31. The van der Waals surface area contributed by atoms with Crippen molar-refractivity contribution in [3.63, 3.8) is 0 Å². The van der Waals surface area contributed by atoms with Crippen LogP contribution in [-0.4, -0.2) is 22.2 Å². The molecule has 124 valence electrons. The van der Waals surface area contributed by atoms with Gasteiger partial charge in [0.15, 0.2) is 17.3 Å². The normalized spacial score (nSPS) is 31.7. The highest BCUT2D eigenvalue weighted by atomic mass is 35.6. The van der Waals surface area contributed by atoms with Gasteiger partial charge in [-0.05, 0) is 12.0 Å². The molecule has 0 N–H and O–H groups in total. The highest BCUT2D eigenvalue weighted by Gasteiger charge is 2.78. The zero-order valence-electron chi connectivity index (χ0n) is 10.7. The van der Waals surface area contributed by atoms with E-state index in [4.69, 9.17) is 104 Å². The standard InChI is InChI=1S/C13H9Cl9/c14-9(6-8-4-2-1-3-5-8)7-10(15,16)12(19,20)13(21,22)11(9,17)18/h1-5H,6-7H2. The Morgan fingerprint density at radius 3 is 1.68 bits per heavy atom. The average Bonchev–Trinajstić information content (AvgIpc) is 2.37. The zero-order chi connectivity index (χ0) is 17.0. The molecule has 22 heavy (non-hydrogen) atoms. The van der Waals surface area contributed by atoms with Crippen molar-refractivity contribution in [3.05, 3.63) is 35.9 Å². The van der Waals surface area contributed by atoms with Crippen LogP contribution in [0, 0.1) is 0 Å². The van der Waals surface area contributed by atoms with Gasteiger partial charge >= 0.3 is 0 Å². The number of benzene rings is 1. The summed E-state index contributed by atoms with van der Waals surface area (Å²) in [6.07, 6.45) is 0.0926.